The first-order valence-electron chi connectivity index (χ1n) is 5.03. The van der Waals surface area contributed by atoms with Crippen LogP contribution in [0.3, 0.4) is 0 Å². The number of carbonyl (C=O) groups excluding carboxylic acids is 1. The number of hydrogen-bond donors (Lipinski definition) is 1. The lowest BCUT2D eigenvalue weighted by Crippen LogP contribution is -2.44. The number of aliphatic carboxylic acids is 1. The molecular formula is C11H14O3. The number of rotatable bonds is 2. The van der Waals surface area contributed by atoms with Gasteiger partial charge in [0.05, 0.1) is 5.92 Å². The molecule has 1 saturated carbocycles. The van der Waals surface area contributed by atoms with E-state index in [1.807, 2.05) is 12.2 Å². The van der Waals surface area contributed by atoms with E-state index in [2.05, 4.69) is 0 Å². The summed E-state index contributed by atoms with van der Waals surface area (Å²) < 4.78 is 0. The molecule has 0 aliphatic heterocycles. The molecular weight excluding hydrogens is 180 g/mol. The summed E-state index contributed by atoms with van der Waals surface area (Å²) in [5, 5.41) is 9.09. The molecule has 0 aromatic heterocycles. The van der Waals surface area contributed by atoms with Crippen molar-refractivity contribution in [2.75, 3.05) is 0 Å². The van der Waals surface area contributed by atoms with Crippen LogP contribution in [0.15, 0.2) is 12.2 Å². The summed E-state index contributed by atoms with van der Waals surface area (Å²) >= 11 is 0. The van der Waals surface area contributed by atoms with Crippen LogP contribution in [-0.4, -0.2) is 16.9 Å². The lowest BCUT2D eigenvalue weighted by Gasteiger charge is -2.41. The summed E-state index contributed by atoms with van der Waals surface area (Å²) in [5.74, 6) is -1.31. The SMILES string of the molecule is CC(=O)[C@H]1[C@@H](C(=O)O)[C@H]2C=C[C@@H]1CC2. The molecule has 3 aliphatic carbocycles. The lowest BCUT2D eigenvalue weighted by atomic mass is 9.61. The van der Waals surface area contributed by atoms with Crippen molar-refractivity contribution >= 4 is 11.8 Å². The highest BCUT2D eigenvalue weighted by molar-refractivity contribution is 5.86. The molecule has 0 saturated heterocycles. The van der Waals surface area contributed by atoms with Crippen molar-refractivity contribution in [3.05, 3.63) is 12.2 Å². The van der Waals surface area contributed by atoms with E-state index in [0.717, 1.165) is 12.8 Å². The second-order valence-electron chi connectivity index (χ2n) is 4.29. The van der Waals surface area contributed by atoms with Crippen LogP contribution in [0.25, 0.3) is 0 Å². The molecule has 4 atom stereocenters. The number of fused-ring (bicyclic) bond motifs is 2. The smallest absolute Gasteiger partial charge is 0.307 e. The number of Topliss-reactive ketones (excluding diaryl/α,β-unsaturated/α-hetero) is 1. The summed E-state index contributed by atoms with van der Waals surface area (Å²) in [6.45, 7) is 1.51. The summed E-state index contributed by atoms with van der Waals surface area (Å²) in [5.41, 5.74) is 0. The van der Waals surface area contributed by atoms with E-state index < -0.39 is 11.9 Å². The van der Waals surface area contributed by atoms with E-state index in [4.69, 9.17) is 5.11 Å². The first-order chi connectivity index (χ1) is 6.61. The highest BCUT2D eigenvalue weighted by Gasteiger charge is 2.46. The van der Waals surface area contributed by atoms with Gasteiger partial charge < -0.3 is 5.11 Å². The fraction of sp³-hybridized carbons (Fsp3) is 0.636. The van der Waals surface area contributed by atoms with Gasteiger partial charge in [-0.2, -0.15) is 0 Å². The average Bonchev–Trinajstić information content (AvgIpc) is 2.17. The van der Waals surface area contributed by atoms with Crippen LogP contribution in [0.2, 0.25) is 0 Å². The predicted molar refractivity (Wildman–Crippen MR) is 50.7 cm³/mol. The van der Waals surface area contributed by atoms with Crippen LogP contribution in [0.1, 0.15) is 19.8 Å². The Bertz CT molecular complexity index is 276. The van der Waals surface area contributed by atoms with E-state index in [9.17, 15) is 9.59 Å². The highest BCUT2D eigenvalue weighted by Crippen LogP contribution is 2.45. The molecule has 1 N–H and O–H groups in total. The van der Waals surface area contributed by atoms with E-state index >= 15 is 0 Å². The topological polar surface area (TPSA) is 54.4 Å². The Labute approximate surface area is 82.8 Å². The summed E-state index contributed by atoms with van der Waals surface area (Å²) in [7, 11) is 0. The Kier molecular flexibility index (Phi) is 2.17. The molecule has 3 aliphatic rings. The normalized spacial score (nSPS) is 39.8. The van der Waals surface area contributed by atoms with Gasteiger partial charge >= 0.3 is 5.97 Å². The summed E-state index contributed by atoms with van der Waals surface area (Å²) in [4.78, 5) is 22.5. The fourth-order valence-corrected chi connectivity index (χ4v) is 2.89. The number of carbonyl (C=O) groups is 2. The number of carboxylic acids is 1. The second kappa shape index (κ2) is 3.23. The zero-order valence-electron chi connectivity index (χ0n) is 8.14. The highest BCUT2D eigenvalue weighted by atomic mass is 16.4. The van der Waals surface area contributed by atoms with Crippen molar-refractivity contribution in [3.8, 4) is 0 Å². The fourth-order valence-electron chi connectivity index (χ4n) is 2.89. The van der Waals surface area contributed by atoms with Crippen molar-refractivity contribution in [1.82, 2.24) is 0 Å². The van der Waals surface area contributed by atoms with E-state index in [-0.39, 0.29) is 23.5 Å². The van der Waals surface area contributed by atoms with Gasteiger partial charge in [-0.3, -0.25) is 9.59 Å². The Balaban J connectivity index is 2.33. The number of hydrogen-bond acceptors (Lipinski definition) is 2. The molecule has 0 aromatic rings. The van der Waals surface area contributed by atoms with Crippen LogP contribution in [-0.2, 0) is 9.59 Å². The quantitative estimate of drug-likeness (QED) is 0.677. The Morgan fingerprint density at radius 1 is 1.14 bits per heavy atom. The second-order valence-corrected chi connectivity index (χ2v) is 4.29. The minimum atomic E-state index is -0.816. The third-order valence-electron chi connectivity index (χ3n) is 3.50. The van der Waals surface area contributed by atoms with E-state index in [0.29, 0.717) is 0 Å². The summed E-state index contributed by atoms with van der Waals surface area (Å²) in [6.07, 6.45) is 5.89. The first kappa shape index (κ1) is 9.44. The van der Waals surface area contributed by atoms with Crippen LogP contribution < -0.4 is 0 Å². The monoisotopic (exact) mass is 194 g/mol. The van der Waals surface area contributed by atoms with Crippen LogP contribution in [0.5, 0.6) is 0 Å². The van der Waals surface area contributed by atoms with Gasteiger partial charge in [0, 0.05) is 5.92 Å². The molecule has 3 nitrogen and oxygen atoms in total. The lowest BCUT2D eigenvalue weighted by molar-refractivity contribution is -0.151. The van der Waals surface area contributed by atoms with Crippen molar-refractivity contribution in [3.63, 3.8) is 0 Å². The maximum absolute atomic E-state index is 11.4. The maximum atomic E-state index is 11.4. The van der Waals surface area contributed by atoms with Gasteiger partial charge in [0.25, 0.3) is 0 Å². The number of allylic oxidation sites excluding steroid dienone is 2. The molecule has 0 radical (unpaired) electrons. The Morgan fingerprint density at radius 3 is 1.93 bits per heavy atom. The van der Waals surface area contributed by atoms with Gasteiger partial charge in [0.2, 0.25) is 0 Å². The van der Waals surface area contributed by atoms with E-state index in [1.54, 1.807) is 0 Å². The van der Waals surface area contributed by atoms with Gasteiger partial charge in [0.1, 0.15) is 5.78 Å². The molecule has 0 amide bonds. The largest absolute Gasteiger partial charge is 0.481 e. The van der Waals surface area contributed by atoms with Gasteiger partial charge in [-0.15, -0.1) is 0 Å². The molecule has 0 heterocycles. The molecule has 0 spiro atoms. The van der Waals surface area contributed by atoms with Gasteiger partial charge in [-0.05, 0) is 31.6 Å². The molecule has 14 heavy (non-hydrogen) atoms. The molecule has 3 rings (SSSR count). The Morgan fingerprint density at radius 2 is 1.64 bits per heavy atom. The Hall–Kier alpha value is -1.12. The third-order valence-corrected chi connectivity index (χ3v) is 3.50. The molecule has 3 heteroatoms. The molecule has 0 aromatic carbocycles. The van der Waals surface area contributed by atoms with Crippen LogP contribution in [0, 0.1) is 23.7 Å². The zero-order valence-corrected chi connectivity index (χ0v) is 8.14. The maximum Gasteiger partial charge on any atom is 0.307 e. The molecule has 2 bridgehead atoms. The zero-order chi connectivity index (χ0) is 10.3. The molecule has 0 unspecified atom stereocenters. The van der Waals surface area contributed by atoms with Crippen molar-refractivity contribution in [2.45, 2.75) is 19.8 Å². The number of ketones is 1. The van der Waals surface area contributed by atoms with Gasteiger partial charge in [-0.1, -0.05) is 12.2 Å². The standard InChI is InChI=1S/C11H14O3/c1-6(12)9-7-2-4-8(5-3-7)10(9)11(13)14/h2,4,7-10H,3,5H2,1H3,(H,13,14)/t7-,8+,9-,10+/m1/s1. The van der Waals surface area contributed by atoms with Gasteiger partial charge in [-0.25, -0.2) is 0 Å². The van der Waals surface area contributed by atoms with Gasteiger partial charge in [0.15, 0.2) is 0 Å². The van der Waals surface area contributed by atoms with Crippen molar-refractivity contribution < 1.29 is 14.7 Å². The third kappa shape index (κ3) is 1.27. The number of carboxylic acid groups (broad SMARTS) is 1. The predicted octanol–water partition coefficient (Wildman–Crippen LogP) is 1.49. The van der Waals surface area contributed by atoms with Crippen LogP contribution in [0.4, 0.5) is 0 Å². The van der Waals surface area contributed by atoms with E-state index in [1.165, 1.54) is 6.92 Å². The first-order valence-corrected chi connectivity index (χ1v) is 5.03. The van der Waals surface area contributed by atoms with Crippen LogP contribution >= 0.6 is 0 Å². The van der Waals surface area contributed by atoms with Crippen molar-refractivity contribution in [1.29, 1.82) is 0 Å². The summed E-state index contributed by atoms with van der Waals surface area (Å²) in [6, 6.07) is 0. The molecule has 76 valence electrons. The molecule has 1 fully saturated rings. The minimum Gasteiger partial charge on any atom is -0.481 e. The van der Waals surface area contributed by atoms with Crippen molar-refractivity contribution in [2.24, 2.45) is 23.7 Å². The average molecular weight is 194 g/mol. The minimum absolute atomic E-state index is 0.0245.